The van der Waals surface area contributed by atoms with E-state index < -0.39 is 15.6 Å². The molecule has 0 aromatic heterocycles. The van der Waals surface area contributed by atoms with Gasteiger partial charge in [0.05, 0.1) is 6.61 Å². The number of rotatable bonds is 15. The van der Waals surface area contributed by atoms with Gasteiger partial charge < -0.3 is 31.3 Å². The summed E-state index contributed by atoms with van der Waals surface area (Å²) in [5, 5.41) is 15.7. The van der Waals surface area contributed by atoms with Crippen molar-refractivity contribution >= 4 is 36.8 Å². The molecule has 0 atom stereocenters. The maximum atomic E-state index is 10.9. The first-order valence-corrected chi connectivity index (χ1v) is 20.7. The van der Waals surface area contributed by atoms with Crippen LogP contribution < -0.4 is 42.9 Å². The molecule has 0 radical (unpaired) electrons. The average molecular weight is 694 g/mol. The second-order valence-electron chi connectivity index (χ2n) is 12.5. The lowest BCUT2D eigenvalue weighted by Crippen LogP contribution is -3.00. The third kappa shape index (κ3) is 9.07. The van der Waals surface area contributed by atoms with Crippen molar-refractivity contribution in [2.45, 2.75) is 78.4 Å². The molecule has 3 nitrogen and oxygen atoms in total. The summed E-state index contributed by atoms with van der Waals surface area (Å²) < 4.78 is 12.3. The molecule has 236 valence electrons. The largest absolute Gasteiger partial charge is 1.00 e. The van der Waals surface area contributed by atoms with Crippen molar-refractivity contribution in [2.75, 3.05) is 13.7 Å². The molecule has 0 bridgehead atoms. The standard InChI is InChI=1S/C38H49O3PSi.BrH/c1-30-13-20-34(21-14-30)42(35-22-15-31(2)16-23-35,36-24-17-32(3)18-25-36)38-29-33(39)19-26-37(38)41-27-11-9-7-8-10-12-28-43(5,6)40-4;/h13-26,29H,7-12,27-28H2,1-6H3;1H. The molecule has 0 heterocycles. The van der Waals surface area contributed by atoms with Gasteiger partial charge >= 0.3 is 0 Å². The number of unbranched alkanes of at least 4 members (excludes halogenated alkanes) is 5. The van der Waals surface area contributed by atoms with Gasteiger partial charge in [0.1, 0.15) is 28.9 Å². The van der Waals surface area contributed by atoms with Crippen molar-refractivity contribution < 1.29 is 31.3 Å². The first kappa shape index (κ1) is 36.0. The highest BCUT2D eigenvalue weighted by atomic mass is 79.9. The Hall–Kier alpha value is -2.43. The van der Waals surface area contributed by atoms with Gasteiger partial charge in [0.25, 0.3) is 0 Å². The van der Waals surface area contributed by atoms with E-state index in [0.717, 1.165) is 23.9 Å². The third-order valence-corrected chi connectivity index (χ3v) is 15.5. The molecule has 0 saturated heterocycles. The summed E-state index contributed by atoms with van der Waals surface area (Å²) in [7, 11) is -1.99. The zero-order chi connectivity index (χ0) is 30.9. The molecule has 4 aromatic rings. The number of hydrogen-bond donors (Lipinski definition) is 1. The summed E-state index contributed by atoms with van der Waals surface area (Å²) in [6, 6.07) is 33.8. The normalized spacial score (nSPS) is 11.7. The van der Waals surface area contributed by atoms with E-state index in [1.54, 1.807) is 6.07 Å². The molecule has 4 aromatic carbocycles. The fraction of sp³-hybridized carbons (Fsp3) is 0.368. The van der Waals surface area contributed by atoms with E-state index >= 15 is 0 Å². The summed E-state index contributed by atoms with van der Waals surface area (Å²) in [5.41, 5.74) is 3.68. The van der Waals surface area contributed by atoms with Crippen molar-refractivity contribution in [3.63, 3.8) is 0 Å². The number of hydrogen-bond acceptors (Lipinski definition) is 3. The third-order valence-electron chi connectivity index (χ3n) is 8.55. The molecule has 6 heteroatoms. The van der Waals surface area contributed by atoms with Gasteiger partial charge in [0.15, 0.2) is 19.4 Å². The summed E-state index contributed by atoms with van der Waals surface area (Å²) in [6.07, 6.45) is 7.22. The number of ether oxygens (including phenoxy) is 1. The highest BCUT2D eigenvalue weighted by molar-refractivity contribution is 8.01. The van der Waals surface area contributed by atoms with Crippen LogP contribution in [0.25, 0.3) is 0 Å². The molecular formula is C38H50BrO3PSi. The zero-order valence-corrected chi connectivity index (χ0v) is 30.9. The summed E-state index contributed by atoms with van der Waals surface area (Å²) in [4.78, 5) is 0. The number of benzene rings is 4. The molecule has 4 rings (SSSR count). The van der Waals surface area contributed by atoms with E-state index in [2.05, 4.69) is 107 Å². The molecule has 1 N–H and O–H groups in total. The first-order chi connectivity index (χ1) is 20.7. The molecule has 0 aliphatic heterocycles. The smallest absolute Gasteiger partial charge is 0.186 e. The van der Waals surface area contributed by atoms with Gasteiger partial charge in [-0.3, -0.25) is 0 Å². The van der Waals surface area contributed by atoms with Gasteiger partial charge in [0.2, 0.25) is 0 Å². The monoisotopic (exact) mass is 692 g/mol. The van der Waals surface area contributed by atoms with Gasteiger partial charge in [-0.2, -0.15) is 0 Å². The molecule has 0 aliphatic carbocycles. The fourth-order valence-corrected chi connectivity index (χ4v) is 11.3. The molecule has 0 unspecified atom stereocenters. The number of phenolic OH excluding ortho intramolecular Hbond substituents is 1. The summed E-state index contributed by atoms with van der Waals surface area (Å²) in [5.74, 6) is 1.12. The van der Waals surface area contributed by atoms with Crippen LogP contribution in [-0.2, 0) is 4.43 Å². The summed E-state index contributed by atoms with van der Waals surface area (Å²) in [6.45, 7) is 11.7. The lowest BCUT2D eigenvalue weighted by Gasteiger charge is -2.29. The van der Waals surface area contributed by atoms with Crippen molar-refractivity contribution in [1.82, 2.24) is 0 Å². The lowest BCUT2D eigenvalue weighted by molar-refractivity contribution is -0.0000112. The molecule has 44 heavy (non-hydrogen) atoms. The van der Waals surface area contributed by atoms with Crippen LogP contribution in [0.2, 0.25) is 19.1 Å². The Kier molecular flexibility index (Phi) is 13.7. The van der Waals surface area contributed by atoms with Crippen molar-refractivity contribution in [1.29, 1.82) is 0 Å². The number of aryl methyl sites for hydroxylation is 3. The molecule has 0 amide bonds. The van der Waals surface area contributed by atoms with Crippen molar-refractivity contribution in [3.8, 4) is 11.5 Å². The van der Waals surface area contributed by atoms with Crippen LogP contribution in [0.5, 0.6) is 11.5 Å². The maximum absolute atomic E-state index is 10.9. The second kappa shape index (κ2) is 16.8. The molecule has 0 saturated carbocycles. The Labute approximate surface area is 278 Å². The molecule has 0 aliphatic rings. The molecule has 0 spiro atoms. The minimum Gasteiger partial charge on any atom is -1.00 e. The van der Waals surface area contributed by atoms with Crippen LogP contribution in [0.15, 0.2) is 91.0 Å². The number of halogens is 1. The quantitative estimate of drug-likeness (QED) is 0.102. The average Bonchev–Trinajstić information content (AvgIpc) is 3.00. The van der Waals surface area contributed by atoms with Gasteiger partial charge in [-0.1, -0.05) is 85.2 Å². The van der Waals surface area contributed by atoms with Crippen molar-refractivity contribution in [3.05, 3.63) is 108 Å². The van der Waals surface area contributed by atoms with E-state index in [9.17, 15) is 5.11 Å². The van der Waals surface area contributed by atoms with E-state index in [0.29, 0.717) is 6.61 Å². The van der Waals surface area contributed by atoms with E-state index in [1.807, 2.05) is 19.2 Å². The lowest BCUT2D eigenvalue weighted by atomic mass is 10.1. The highest BCUT2D eigenvalue weighted by Crippen LogP contribution is 2.56. The van der Waals surface area contributed by atoms with Crippen LogP contribution in [0.4, 0.5) is 0 Å². The predicted octanol–water partition coefficient (Wildman–Crippen LogP) is 5.51. The van der Waals surface area contributed by atoms with E-state index in [-0.39, 0.29) is 22.7 Å². The van der Waals surface area contributed by atoms with Crippen LogP contribution in [0.3, 0.4) is 0 Å². The second-order valence-corrected chi connectivity index (χ2v) is 20.3. The van der Waals surface area contributed by atoms with Crippen LogP contribution in [-0.4, -0.2) is 27.1 Å². The topological polar surface area (TPSA) is 38.7 Å². The van der Waals surface area contributed by atoms with Gasteiger partial charge in [-0.05, 0) is 94.9 Å². The highest BCUT2D eigenvalue weighted by Gasteiger charge is 2.50. The van der Waals surface area contributed by atoms with Crippen LogP contribution in [0.1, 0.15) is 55.2 Å². The Morgan fingerprint density at radius 1 is 0.614 bits per heavy atom. The summed E-state index contributed by atoms with van der Waals surface area (Å²) >= 11 is 0. The molecular weight excluding hydrogens is 643 g/mol. The molecule has 0 fully saturated rings. The fourth-order valence-electron chi connectivity index (χ4n) is 5.70. The Balaban J connectivity index is 0.00000529. The minimum atomic E-state index is -2.41. The van der Waals surface area contributed by atoms with Gasteiger partial charge in [-0.25, -0.2) is 0 Å². The van der Waals surface area contributed by atoms with E-state index in [1.165, 1.54) is 64.3 Å². The zero-order valence-electron chi connectivity index (χ0n) is 27.4. The maximum Gasteiger partial charge on any atom is 0.186 e. The van der Waals surface area contributed by atoms with Crippen LogP contribution >= 0.6 is 7.26 Å². The van der Waals surface area contributed by atoms with Gasteiger partial charge in [-0.15, -0.1) is 0 Å². The number of phenols is 1. The Morgan fingerprint density at radius 3 is 1.50 bits per heavy atom. The predicted molar refractivity (Wildman–Crippen MR) is 190 cm³/mol. The van der Waals surface area contributed by atoms with Gasteiger partial charge in [0, 0.05) is 13.2 Å². The van der Waals surface area contributed by atoms with E-state index in [4.69, 9.17) is 9.16 Å². The van der Waals surface area contributed by atoms with Crippen LogP contribution in [0, 0.1) is 20.8 Å². The number of aromatic hydroxyl groups is 1. The Bertz CT molecular complexity index is 1330. The first-order valence-electron chi connectivity index (χ1n) is 15.8. The minimum absolute atomic E-state index is 0. The Morgan fingerprint density at radius 2 is 1.05 bits per heavy atom. The SMILES string of the molecule is CO[Si](C)(C)CCCCCCCCOc1ccc(O)cc1[P+](c1ccc(C)cc1)(c1ccc(C)cc1)c1ccc(C)cc1.[Br-]. The van der Waals surface area contributed by atoms with Crippen molar-refractivity contribution in [2.24, 2.45) is 0 Å².